The number of nitrogens with one attached hydrogen (secondary N) is 2. The van der Waals surface area contributed by atoms with Gasteiger partial charge in [0.1, 0.15) is 6.54 Å². The zero-order chi connectivity index (χ0) is 31.5. The number of Topliss-reactive ketones (excluding diaryl/α,β-unsaturated/α-hetero) is 1. The quantitative estimate of drug-likeness (QED) is 0.258. The third-order valence-electron chi connectivity index (χ3n) is 6.83. The van der Waals surface area contributed by atoms with Gasteiger partial charge < -0.3 is 15.1 Å². The van der Waals surface area contributed by atoms with Crippen molar-refractivity contribution in [1.82, 2.24) is 30.0 Å². The van der Waals surface area contributed by atoms with Gasteiger partial charge in [-0.2, -0.15) is 13.2 Å². The molecule has 14 heteroatoms. The molecular weight excluding hydrogens is 567 g/mol. The summed E-state index contributed by atoms with van der Waals surface area (Å²) in [6.45, 7) is 6.25. The lowest BCUT2D eigenvalue weighted by atomic mass is 9.88. The summed E-state index contributed by atoms with van der Waals surface area (Å²) in [7, 11) is 1.54. The maximum atomic E-state index is 13.4. The van der Waals surface area contributed by atoms with Gasteiger partial charge >= 0.3 is 6.18 Å². The van der Waals surface area contributed by atoms with Crippen LogP contribution in [0.5, 0.6) is 0 Å². The highest BCUT2D eigenvalue weighted by atomic mass is 19.4. The fourth-order valence-electron chi connectivity index (χ4n) is 4.30. The minimum atomic E-state index is -4.54. The maximum absolute atomic E-state index is 13.4. The third kappa shape index (κ3) is 6.63. The van der Waals surface area contributed by atoms with Gasteiger partial charge in [0.15, 0.2) is 5.82 Å². The molecule has 2 N–H and O–H groups in total. The summed E-state index contributed by atoms with van der Waals surface area (Å²) in [4.78, 5) is 47.8. The second kappa shape index (κ2) is 12.2. The van der Waals surface area contributed by atoms with Gasteiger partial charge in [0.2, 0.25) is 17.6 Å². The number of carbonyl (C=O) groups excluding carboxylic acids is 2. The van der Waals surface area contributed by atoms with E-state index in [-0.39, 0.29) is 17.4 Å². The maximum Gasteiger partial charge on any atom is 0.417 e. The zero-order valence-corrected chi connectivity index (χ0v) is 24.1. The van der Waals surface area contributed by atoms with Crippen LogP contribution in [0.2, 0.25) is 0 Å². The van der Waals surface area contributed by atoms with E-state index in [0.29, 0.717) is 17.5 Å². The Morgan fingerprint density at radius 3 is 2.28 bits per heavy atom. The number of carbonyl (C=O) groups is 2. The van der Waals surface area contributed by atoms with Crippen LogP contribution in [0.4, 0.5) is 19.0 Å². The monoisotopic (exact) mass is 597 g/mol. The van der Waals surface area contributed by atoms with Crippen molar-refractivity contribution in [2.45, 2.75) is 51.9 Å². The molecule has 1 amide bonds. The molecule has 3 aromatic heterocycles. The summed E-state index contributed by atoms with van der Waals surface area (Å²) < 4.78 is 45.8. The van der Waals surface area contributed by atoms with Crippen LogP contribution in [0.3, 0.4) is 0 Å². The molecular formula is C29H30F3N7O4. The molecule has 0 radical (unpaired) electrons. The number of pyridine rings is 1. The summed E-state index contributed by atoms with van der Waals surface area (Å²) >= 11 is 0. The number of anilines is 1. The highest BCUT2D eigenvalue weighted by molar-refractivity contribution is 5.98. The van der Waals surface area contributed by atoms with Gasteiger partial charge in [0.25, 0.3) is 11.4 Å². The summed E-state index contributed by atoms with van der Waals surface area (Å²) in [5.41, 5.74) is -1.26. The molecule has 1 unspecified atom stereocenters. The molecule has 0 aliphatic rings. The van der Waals surface area contributed by atoms with Gasteiger partial charge in [-0.25, -0.2) is 4.98 Å². The highest BCUT2D eigenvalue weighted by Crippen LogP contribution is 2.33. The molecule has 0 aliphatic heterocycles. The molecule has 0 bridgehead atoms. The van der Waals surface area contributed by atoms with E-state index in [0.717, 1.165) is 6.07 Å². The van der Waals surface area contributed by atoms with Gasteiger partial charge in [-0.3, -0.25) is 23.9 Å². The van der Waals surface area contributed by atoms with E-state index in [4.69, 9.17) is 4.42 Å². The van der Waals surface area contributed by atoms with Crippen molar-refractivity contribution in [3.8, 4) is 11.3 Å². The predicted octanol–water partition coefficient (Wildman–Crippen LogP) is 4.10. The number of benzene rings is 1. The first-order valence-corrected chi connectivity index (χ1v) is 13.3. The third-order valence-corrected chi connectivity index (χ3v) is 6.83. The Morgan fingerprint density at radius 1 is 1.00 bits per heavy atom. The Balaban J connectivity index is 1.56. The van der Waals surface area contributed by atoms with E-state index in [1.807, 2.05) is 6.07 Å². The molecule has 4 aromatic rings. The van der Waals surface area contributed by atoms with Crippen LogP contribution in [0.1, 0.15) is 55.5 Å². The van der Waals surface area contributed by atoms with Crippen LogP contribution >= 0.6 is 0 Å². The molecule has 43 heavy (non-hydrogen) atoms. The average Bonchev–Trinajstić information content (AvgIpc) is 3.48. The van der Waals surface area contributed by atoms with Gasteiger partial charge in [-0.1, -0.05) is 44.2 Å². The first kappa shape index (κ1) is 31.1. The minimum absolute atomic E-state index is 0.0486. The van der Waals surface area contributed by atoms with E-state index in [1.54, 1.807) is 52.0 Å². The van der Waals surface area contributed by atoms with Crippen molar-refractivity contribution in [1.29, 1.82) is 0 Å². The fraction of sp³-hybridized carbons (Fsp3) is 0.345. The van der Waals surface area contributed by atoms with Crippen molar-refractivity contribution in [2.75, 3.05) is 12.4 Å². The molecule has 4 rings (SSSR count). The molecule has 226 valence electrons. The Hall–Kier alpha value is -4.88. The van der Waals surface area contributed by atoms with Crippen LogP contribution in [-0.4, -0.2) is 49.5 Å². The van der Waals surface area contributed by atoms with Crippen LogP contribution < -0.4 is 16.2 Å². The molecule has 3 heterocycles. The fourth-order valence-corrected chi connectivity index (χ4v) is 4.30. The molecule has 1 aromatic carbocycles. The van der Waals surface area contributed by atoms with Crippen molar-refractivity contribution in [3.05, 3.63) is 88.3 Å². The SMILES string of the molecule is CNc1ncc(-c2ccccc2)n(CC(=O)NC(C(=O)c2nnc(C(C)(C)c3ccc(C(F)(F)F)cn3)o2)C(C)C)c1=O. The number of ketones is 1. The van der Waals surface area contributed by atoms with E-state index in [2.05, 4.69) is 30.8 Å². The van der Waals surface area contributed by atoms with Gasteiger partial charge in [-0.05, 0) is 37.5 Å². The lowest BCUT2D eigenvalue weighted by molar-refractivity contribution is -0.137. The number of aromatic nitrogens is 5. The number of alkyl halides is 3. The Kier molecular flexibility index (Phi) is 8.78. The second-order valence-electron chi connectivity index (χ2n) is 10.6. The topological polar surface area (TPSA) is 145 Å². The number of halogens is 3. The number of rotatable bonds is 10. The number of nitrogens with zero attached hydrogens (tertiary/aromatic N) is 5. The molecule has 11 nitrogen and oxygen atoms in total. The predicted molar refractivity (Wildman–Crippen MR) is 150 cm³/mol. The standard InChI is InChI=1S/C29H30F3N7O4/c1-16(2)22(36-21(40)15-39-19(17-9-7-6-8-10-17)14-35-24(33-5)26(39)42)23(41)25-37-38-27(43-25)28(3,4)20-12-11-18(13-34-20)29(30,31)32/h6-14,16,22H,15H2,1-5H3,(H,33,35)(H,36,40). The van der Waals surface area contributed by atoms with E-state index in [9.17, 15) is 27.6 Å². The number of hydrogen-bond acceptors (Lipinski definition) is 9. The van der Waals surface area contributed by atoms with E-state index in [1.165, 1.54) is 23.9 Å². The summed E-state index contributed by atoms with van der Waals surface area (Å²) in [5.74, 6) is -2.09. The number of hydrogen-bond donors (Lipinski definition) is 2. The van der Waals surface area contributed by atoms with Crippen LogP contribution in [0.15, 0.2) is 64.1 Å². The Labute approximate surface area is 244 Å². The first-order valence-electron chi connectivity index (χ1n) is 13.3. The van der Waals surface area contributed by atoms with Crippen molar-refractivity contribution >= 4 is 17.5 Å². The van der Waals surface area contributed by atoms with Gasteiger partial charge in [0.05, 0.1) is 34.6 Å². The molecule has 0 saturated heterocycles. The second-order valence-corrected chi connectivity index (χ2v) is 10.6. The Bertz CT molecular complexity index is 1660. The molecule has 0 aliphatic carbocycles. The van der Waals surface area contributed by atoms with E-state index >= 15 is 0 Å². The molecule has 0 saturated carbocycles. The van der Waals surface area contributed by atoms with E-state index < -0.39 is 58.8 Å². The van der Waals surface area contributed by atoms with Gasteiger partial charge in [0, 0.05) is 13.2 Å². The summed E-state index contributed by atoms with van der Waals surface area (Å²) in [5, 5.41) is 13.2. The largest absolute Gasteiger partial charge is 0.417 e. The first-order chi connectivity index (χ1) is 20.2. The number of amides is 1. The van der Waals surface area contributed by atoms with Crippen molar-refractivity contribution < 1.29 is 27.2 Å². The highest BCUT2D eigenvalue weighted by Gasteiger charge is 2.36. The van der Waals surface area contributed by atoms with Crippen LogP contribution in [0, 0.1) is 5.92 Å². The van der Waals surface area contributed by atoms with Crippen molar-refractivity contribution in [2.24, 2.45) is 5.92 Å². The van der Waals surface area contributed by atoms with Crippen molar-refractivity contribution in [3.63, 3.8) is 0 Å². The van der Waals surface area contributed by atoms with Crippen LogP contribution in [0.25, 0.3) is 11.3 Å². The zero-order valence-electron chi connectivity index (χ0n) is 24.1. The normalized spacial score (nSPS) is 12.7. The average molecular weight is 598 g/mol. The summed E-state index contributed by atoms with van der Waals surface area (Å²) in [6.07, 6.45) is -2.35. The minimum Gasteiger partial charge on any atom is -0.417 e. The molecule has 1 atom stereocenters. The lowest BCUT2D eigenvalue weighted by Crippen LogP contribution is -2.46. The smallest absolute Gasteiger partial charge is 0.417 e. The lowest BCUT2D eigenvalue weighted by Gasteiger charge is -2.21. The van der Waals surface area contributed by atoms with Gasteiger partial charge in [-0.15, -0.1) is 10.2 Å². The molecule has 0 fully saturated rings. The Morgan fingerprint density at radius 2 is 1.70 bits per heavy atom. The van der Waals surface area contributed by atoms with Crippen LogP contribution in [-0.2, 0) is 22.9 Å². The molecule has 0 spiro atoms. The summed E-state index contributed by atoms with van der Waals surface area (Å²) in [6, 6.07) is 9.96.